The van der Waals surface area contributed by atoms with Gasteiger partial charge in [-0.05, 0) is 78.7 Å². The Kier molecular flexibility index (Phi) is 7.72. The predicted molar refractivity (Wildman–Crippen MR) is 171 cm³/mol. The minimum absolute atomic E-state index is 0.0310. The van der Waals surface area contributed by atoms with Crippen LogP contribution < -0.4 is 15.5 Å². The molecule has 5 rings (SSSR count). The van der Waals surface area contributed by atoms with Crippen molar-refractivity contribution in [3.8, 4) is 11.8 Å². The van der Waals surface area contributed by atoms with Crippen molar-refractivity contribution in [2.24, 2.45) is 5.41 Å². The predicted octanol–water partition coefficient (Wildman–Crippen LogP) is 7.74. The van der Waals surface area contributed by atoms with Crippen molar-refractivity contribution in [1.29, 1.82) is 5.26 Å². The molecule has 3 aromatic carbocycles. The minimum Gasteiger partial charge on any atom is -0.506 e. The summed E-state index contributed by atoms with van der Waals surface area (Å²) in [7, 11) is 0. The topological polar surface area (TPSA) is 91.6 Å². The summed E-state index contributed by atoms with van der Waals surface area (Å²) in [5.74, 6) is 0.149. The number of nitrogens with one attached hydrogen (secondary N) is 2. The zero-order valence-corrected chi connectivity index (χ0v) is 25.7. The van der Waals surface area contributed by atoms with Crippen LogP contribution in [0, 0.1) is 16.7 Å². The Labute approximate surface area is 250 Å². The van der Waals surface area contributed by atoms with Gasteiger partial charge in [-0.25, -0.2) is 4.79 Å². The third-order valence-corrected chi connectivity index (χ3v) is 8.50. The Balaban J connectivity index is 1.43. The van der Waals surface area contributed by atoms with Gasteiger partial charge in [-0.15, -0.1) is 0 Å². The van der Waals surface area contributed by atoms with Gasteiger partial charge in [0.1, 0.15) is 5.75 Å². The zero-order chi connectivity index (χ0) is 30.3. The van der Waals surface area contributed by atoms with Crippen LogP contribution in [0.3, 0.4) is 0 Å². The van der Waals surface area contributed by atoms with E-state index in [4.69, 9.17) is 0 Å². The van der Waals surface area contributed by atoms with Gasteiger partial charge in [0.15, 0.2) is 0 Å². The first-order chi connectivity index (χ1) is 19.8. The molecular formula is C35H43N5O2. The monoisotopic (exact) mass is 565 g/mol. The fraction of sp³-hybridized carbons (Fsp3) is 0.429. The molecule has 42 heavy (non-hydrogen) atoms. The fourth-order valence-electron chi connectivity index (χ4n) is 6.52. The van der Waals surface area contributed by atoms with Crippen LogP contribution in [0.4, 0.5) is 27.5 Å². The average Bonchev–Trinajstić information content (AvgIpc) is 3.25. The summed E-state index contributed by atoms with van der Waals surface area (Å²) >= 11 is 0. The molecule has 0 atom stereocenters. The summed E-state index contributed by atoms with van der Waals surface area (Å²) in [4.78, 5) is 17.8. The van der Waals surface area contributed by atoms with Gasteiger partial charge in [-0.3, -0.25) is 0 Å². The maximum Gasteiger partial charge on any atom is 0.323 e. The summed E-state index contributed by atoms with van der Waals surface area (Å²) in [6, 6.07) is 21.0. The van der Waals surface area contributed by atoms with E-state index >= 15 is 0 Å². The fourth-order valence-corrected chi connectivity index (χ4v) is 6.52. The first-order valence-corrected chi connectivity index (χ1v) is 14.8. The normalized spacial score (nSPS) is 16.6. The molecule has 7 heteroatoms. The number of hydrogen-bond donors (Lipinski definition) is 3. The second kappa shape index (κ2) is 11.0. The van der Waals surface area contributed by atoms with Crippen LogP contribution >= 0.6 is 0 Å². The standard InChI is InChI=1S/C35H43N5O2/c1-33(2,3)22-39-19-17-35(18-20-39)23-40(31-29(41)16-11-24(21-36)30(31)35)28-10-8-7-9-27(28)38-32(42)37-26-14-12-25(13-15-26)34(4,5)6/h7-16,41H,17-20,22-23H2,1-6H3,(H2,37,38,42). The van der Waals surface area contributed by atoms with Crippen LogP contribution in [0.15, 0.2) is 60.7 Å². The number of aromatic hydroxyl groups is 1. The summed E-state index contributed by atoms with van der Waals surface area (Å²) in [6.45, 7) is 16.8. The van der Waals surface area contributed by atoms with E-state index in [-0.39, 0.29) is 28.0 Å². The zero-order valence-electron chi connectivity index (χ0n) is 25.7. The van der Waals surface area contributed by atoms with Gasteiger partial charge in [-0.1, -0.05) is 65.8 Å². The van der Waals surface area contributed by atoms with Gasteiger partial charge in [0.2, 0.25) is 0 Å². The first kappa shape index (κ1) is 29.5. The minimum atomic E-state index is -0.342. The smallest absolute Gasteiger partial charge is 0.323 e. The highest BCUT2D eigenvalue weighted by atomic mass is 16.3. The maximum absolute atomic E-state index is 13.2. The number of urea groups is 1. The Hall–Kier alpha value is -4.02. The van der Waals surface area contributed by atoms with E-state index in [0.717, 1.165) is 43.7 Å². The molecule has 3 N–H and O–H groups in total. The van der Waals surface area contributed by atoms with Crippen molar-refractivity contribution < 1.29 is 9.90 Å². The second-order valence-corrected chi connectivity index (χ2v) is 14.1. The van der Waals surface area contributed by atoms with E-state index < -0.39 is 0 Å². The number of anilines is 4. The molecule has 0 aliphatic carbocycles. The molecule has 2 aliphatic rings. The van der Waals surface area contributed by atoms with Gasteiger partial charge < -0.3 is 25.5 Å². The molecule has 1 spiro atoms. The molecule has 0 saturated carbocycles. The van der Waals surface area contributed by atoms with E-state index in [1.54, 1.807) is 12.1 Å². The number of carbonyl (C=O) groups is 1. The summed E-state index contributed by atoms with van der Waals surface area (Å²) in [5, 5.41) is 27.3. The SMILES string of the molecule is CC(C)(C)CN1CCC2(CC1)CN(c1ccccc1NC(=O)Nc1ccc(C(C)(C)C)cc1)c1c(O)ccc(C#N)c12. The van der Waals surface area contributed by atoms with E-state index in [9.17, 15) is 15.2 Å². The van der Waals surface area contributed by atoms with Gasteiger partial charge in [-0.2, -0.15) is 5.26 Å². The number of fused-ring (bicyclic) bond motifs is 2. The van der Waals surface area contributed by atoms with Crippen LogP contribution in [-0.4, -0.2) is 42.2 Å². The van der Waals surface area contributed by atoms with Crippen molar-refractivity contribution in [3.63, 3.8) is 0 Å². The van der Waals surface area contributed by atoms with Gasteiger partial charge in [0, 0.05) is 29.8 Å². The molecule has 0 aromatic heterocycles. The molecule has 1 fully saturated rings. The van der Waals surface area contributed by atoms with Crippen LogP contribution in [0.25, 0.3) is 0 Å². The Morgan fingerprint density at radius 2 is 1.62 bits per heavy atom. The Morgan fingerprint density at radius 3 is 2.24 bits per heavy atom. The Bertz CT molecular complexity index is 1500. The van der Waals surface area contributed by atoms with E-state index in [2.05, 4.69) is 68.0 Å². The average molecular weight is 566 g/mol. The third-order valence-electron chi connectivity index (χ3n) is 8.50. The van der Waals surface area contributed by atoms with Crippen molar-refractivity contribution >= 4 is 28.8 Å². The van der Waals surface area contributed by atoms with Crippen molar-refractivity contribution in [2.75, 3.05) is 41.7 Å². The van der Waals surface area contributed by atoms with E-state index in [1.165, 1.54) is 5.56 Å². The van der Waals surface area contributed by atoms with Gasteiger partial charge in [0.05, 0.1) is 28.7 Å². The molecule has 2 aliphatic heterocycles. The van der Waals surface area contributed by atoms with E-state index in [1.807, 2.05) is 48.5 Å². The lowest BCUT2D eigenvalue weighted by atomic mass is 9.72. The summed E-state index contributed by atoms with van der Waals surface area (Å²) in [5.41, 5.74) is 5.51. The molecule has 0 bridgehead atoms. The largest absolute Gasteiger partial charge is 0.506 e. The number of phenols is 1. The van der Waals surface area contributed by atoms with Crippen LogP contribution in [0.5, 0.6) is 5.75 Å². The number of amides is 2. The number of benzene rings is 3. The lowest BCUT2D eigenvalue weighted by Gasteiger charge is -2.42. The number of nitrogens with zero attached hydrogens (tertiary/aromatic N) is 3. The maximum atomic E-state index is 13.2. The van der Waals surface area contributed by atoms with Crippen LogP contribution in [0.2, 0.25) is 0 Å². The molecule has 1 saturated heterocycles. The molecule has 3 aromatic rings. The van der Waals surface area contributed by atoms with E-state index in [0.29, 0.717) is 29.2 Å². The second-order valence-electron chi connectivity index (χ2n) is 14.1. The summed E-state index contributed by atoms with van der Waals surface area (Å²) < 4.78 is 0. The Morgan fingerprint density at radius 1 is 0.952 bits per heavy atom. The number of carbonyl (C=O) groups excluding carboxylic acids is 1. The molecular weight excluding hydrogens is 522 g/mol. The van der Waals surface area contributed by atoms with Gasteiger partial charge >= 0.3 is 6.03 Å². The van der Waals surface area contributed by atoms with Crippen molar-refractivity contribution in [1.82, 2.24) is 4.90 Å². The molecule has 2 amide bonds. The molecule has 2 heterocycles. The number of nitriles is 1. The van der Waals surface area contributed by atoms with Crippen molar-refractivity contribution in [3.05, 3.63) is 77.4 Å². The lowest BCUT2D eigenvalue weighted by Crippen LogP contribution is -2.47. The van der Waals surface area contributed by atoms with Gasteiger partial charge in [0.25, 0.3) is 0 Å². The first-order valence-electron chi connectivity index (χ1n) is 14.8. The van der Waals surface area contributed by atoms with Crippen molar-refractivity contribution in [2.45, 2.75) is 65.2 Å². The molecule has 220 valence electrons. The highest BCUT2D eigenvalue weighted by molar-refractivity contribution is 6.02. The number of para-hydroxylation sites is 2. The molecule has 0 radical (unpaired) electrons. The third kappa shape index (κ3) is 5.96. The summed E-state index contributed by atoms with van der Waals surface area (Å²) in [6.07, 6.45) is 1.79. The quantitative estimate of drug-likeness (QED) is 0.301. The van der Waals surface area contributed by atoms with Crippen LogP contribution in [0.1, 0.15) is 71.1 Å². The number of rotatable bonds is 4. The molecule has 0 unspecified atom stereocenters. The lowest BCUT2D eigenvalue weighted by molar-refractivity contribution is 0.125. The highest BCUT2D eigenvalue weighted by Gasteiger charge is 2.48. The number of hydrogen-bond acceptors (Lipinski definition) is 5. The highest BCUT2D eigenvalue weighted by Crippen LogP contribution is 2.55. The number of likely N-dealkylation sites (tertiary alicyclic amines) is 1. The molecule has 7 nitrogen and oxygen atoms in total. The number of phenolic OH excluding ortho intramolecular Hbond substituents is 1. The number of piperidine rings is 1. The van der Waals surface area contributed by atoms with Crippen LogP contribution in [-0.2, 0) is 10.8 Å².